The number of benzene rings is 1. The molecule has 0 radical (unpaired) electrons. The van der Waals surface area contributed by atoms with E-state index in [1.807, 2.05) is 18.2 Å². The second kappa shape index (κ2) is 5.87. The lowest BCUT2D eigenvalue weighted by Crippen LogP contribution is -2.36. The van der Waals surface area contributed by atoms with E-state index in [0.717, 1.165) is 25.1 Å². The van der Waals surface area contributed by atoms with Crippen LogP contribution in [0, 0.1) is 0 Å². The third-order valence-corrected chi connectivity index (χ3v) is 3.93. The Labute approximate surface area is 128 Å². The van der Waals surface area contributed by atoms with Gasteiger partial charge in [0.1, 0.15) is 5.69 Å². The van der Waals surface area contributed by atoms with Crippen LogP contribution in [0.2, 0.25) is 5.02 Å². The molecule has 0 aliphatic carbocycles. The highest BCUT2D eigenvalue weighted by atomic mass is 35.5. The summed E-state index contributed by atoms with van der Waals surface area (Å²) in [5.41, 5.74) is 1.94. The predicted molar refractivity (Wildman–Crippen MR) is 82.4 cm³/mol. The molecule has 110 valence electrons. The second-order valence-electron chi connectivity index (χ2n) is 5.21. The van der Waals surface area contributed by atoms with E-state index < -0.39 is 0 Å². The number of rotatable bonds is 3. The zero-order valence-electron chi connectivity index (χ0n) is 11.8. The Balaban J connectivity index is 1.92. The number of carbonyl (C=O) groups excluding carboxylic acids is 1. The van der Waals surface area contributed by atoms with Gasteiger partial charge in [-0.3, -0.25) is 9.48 Å². The monoisotopic (exact) mass is 304 g/mol. The molecule has 2 aromatic rings. The molecule has 1 unspecified atom stereocenters. The highest BCUT2D eigenvalue weighted by Crippen LogP contribution is 2.29. The summed E-state index contributed by atoms with van der Waals surface area (Å²) in [6.07, 6.45) is 2.68. The lowest BCUT2D eigenvalue weighted by molar-refractivity contribution is 0.0940. The van der Waals surface area contributed by atoms with Gasteiger partial charge in [-0.1, -0.05) is 29.8 Å². The van der Waals surface area contributed by atoms with Crippen LogP contribution < -0.4 is 10.6 Å². The molecular formula is C15H17ClN4O. The van der Waals surface area contributed by atoms with Gasteiger partial charge in [0.05, 0.1) is 10.6 Å². The number of halogens is 1. The van der Waals surface area contributed by atoms with Gasteiger partial charge in [-0.15, -0.1) is 0 Å². The average Bonchev–Trinajstić information content (AvgIpc) is 3.09. The van der Waals surface area contributed by atoms with Crippen molar-refractivity contribution in [2.75, 3.05) is 13.1 Å². The molecule has 1 atom stereocenters. The summed E-state index contributed by atoms with van der Waals surface area (Å²) in [5.74, 6) is -0.105. The first-order valence-corrected chi connectivity index (χ1v) is 7.33. The van der Waals surface area contributed by atoms with Crippen LogP contribution in [0.4, 0.5) is 0 Å². The molecule has 1 aliphatic heterocycles. The first-order chi connectivity index (χ1) is 10.1. The predicted octanol–water partition coefficient (Wildman–Crippen LogP) is 1.83. The van der Waals surface area contributed by atoms with Crippen LogP contribution in [0.5, 0.6) is 0 Å². The Hall–Kier alpha value is -1.85. The minimum Gasteiger partial charge on any atom is -0.348 e. The van der Waals surface area contributed by atoms with E-state index in [1.54, 1.807) is 24.0 Å². The maximum Gasteiger partial charge on any atom is 0.255 e. The van der Waals surface area contributed by atoms with E-state index in [4.69, 9.17) is 11.6 Å². The Morgan fingerprint density at radius 1 is 1.48 bits per heavy atom. The number of aryl methyl sites for hydroxylation is 1. The van der Waals surface area contributed by atoms with Crippen molar-refractivity contribution in [3.63, 3.8) is 0 Å². The lowest BCUT2D eigenvalue weighted by Gasteiger charge is -2.11. The Kier molecular flexibility index (Phi) is 3.94. The zero-order chi connectivity index (χ0) is 14.8. The number of aromatic nitrogens is 2. The summed E-state index contributed by atoms with van der Waals surface area (Å²) < 4.78 is 1.64. The van der Waals surface area contributed by atoms with Gasteiger partial charge in [-0.25, -0.2) is 0 Å². The van der Waals surface area contributed by atoms with Crippen molar-refractivity contribution in [3.05, 3.63) is 41.0 Å². The number of nitrogens with one attached hydrogen (secondary N) is 2. The summed E-state index contributed by atoms with van der Waals surface area (Å²) in [6, 6.07) is 7.60. The van der Waals surface area contributed by atoms with Gasteiger partial charge in [-0.2, -0.15) is 5.10 Å². The fourth-order valence-electron chi connectivity index (χ4n) is 2.55. The smallest absolute Gasteiger partial charge is 0.255 e. The molecule has 6 heteroatoms. The second-order valence-corrected chi connectivity index (χ2v) is 5.62. The Bertz CT molecular complexity index is 661. The molecule has 0 spiro atoms. The highest BCUT2D eigenvalue weighted by molar-refractivity contribution is 6.33. The highest BCUT2D eigenvalue weighted by Gasteiger charge is 2.22. The molecule has 2 N–H and O–H groups in total. The SMILES string of the molecule is Cn1cc(C(=O)NC2CCNC2)c(-c2ccccc2Cl)n1. The molecule has 1 aromatic carbocycles. The van der Waals surface area contributed by atoms with Gasteiger partial charge < -0.3 is 10.6 Å². The molecule has 3 rings (SSSR count). The minimum absolute atomic E-state index is 0.105. The number of carbonyl (C=O) groups is 1. The first-order valence-electron chi connectivity index (χ1n) is 6.95. The van der Waals surface area contributed by atoms with Crippen LogP contribution in [-0.4, -0.2) is 34.8 Å². The van der Waals surface area contributed by atoms with Crippen molar-refractivity contribution in [1.29, 1.82) is 0 Å². The van der Waals surface area contributed by atoms with E-state index in [1.165, 1.54) is 0 Å². The van der Waals surface area contributed by atoms with Crippen molar-refractivity contribution in [2.45, 2.75) is 12.5 Å². The first kappa shape index (κ1) is 14.1. The van der Waals surface area contributed by atoms with Crippen LogP contribution in [0.15, 0.2) is 30.5 Å². The van der Waals surface area contributed by atoms with Gasteiger partial charge in [0.15, 0.2) is 0 Å². The fraction of sp³-hybridized carbons (Fsp3) is 0.333. The van der Waals surface area contributed by atoms with Gasteiger partial charge >= 0.3 is 0 Å². The third-order valence-electron chi connectivity index (χ3n) is 3.60. The molecule has 1 saturated heterocycles. The molecule has 0 bridgehead atoms. The quantitative estimate of drug-likeness (QED) is 0.909. The number of hydrogen-bond acceptors (Lipinski definition) is 3. The van der Waals surface area contributed by atoms with Crippen molar-refractivity contribution in [2.24, 2.45) is 7.05 Å². The van der Waals surface area contributed by atoms with Crippen LogP contribution in [0.3, 0.4) is 0 Å². The largest absolute Gasteiger partial charge is 0.348 e. The summed E-state index contributed by atoms with van der Waals surface area (Å²) in [4.78, 5) is 12.5. The molecule has 1 aliphatic rings. The van der Waals surface area contributed by atoms with Gasteiger partial charge in [0.2, 0.25) is 0 Å². The van der Waals surface area contributed by atoms with Crippen molar-refractivity contribution in [3.8, 4) is 11.3 Å². The van der Waals surface area contributed by atoms with E-state index in [2.05, 4.69) is 15.7 Å². The standard InChI is InChI=1S/C15H17ClN4O/c1-20-9-12(15(21)18-10-6-7-17-8-10)14(19-20)11-4-2-3-5-13(11)16/h2-5,9-10,17H,6-8H2,1H3,(H,18,21). The van der Waals surface area contributed by atoms with Crippen LogP contribution in [0.25, 0.3) is 11.3 Å². The molecule has 21 heavy (non-hydrogen) atoms. The zero-order valence-corrected chi connectivity index (χ0v) is 12.5. The van der Waals surface area contributed by atoms with Gasteiger partial charge in [0.25, 0.3) is 5.91 Å². The van der Waals surface area contributed by atoms with Crippen LogP contribution in [-0.2, 0) is 7.05 Å². The molecule has 1 amide bonds. The molecule has 1 fully saturated rings. The normalized spacial score (nSPS) is 17.9. The fourth-order valence-corrected chi connectivity index (χ4v) is 2.77. The van der Waals surface area contributed by atoms with E-state index >= 15 is 0 Å². The number of nitrogens with zero attached hydrogens (tertiary/aromatic N) is 2. The van der Waals surface area contributed by atoms with Crippen molar-refractivity contribution >= 4 is 17.5 Å². The average molecular weight is 305 g/mol. The van der Waals surface area contributed by atoms with E-state index in [9.17, 15) is 4.79 Å². The lowest BCUT2D eigenvalue weighted by atomic mass is 10.1. The maximum atomic E-state index is 12.5. The van der Waals surface area contributed by atoms with Gasteiger partial charge in [-0.05, 0) is 19.0 Å². The molecule has 0 saturated carbocycles. The molecule has 1 aromatic heterocycles. The van der Waals surface area contributed by atoms with Gasteiger partial charge in [0, 0.05) is 31.4 Å². The van der Waals surface area contributed by atoms with Crippen LogP contribution in [0.1, 0.15) is 16.8 Å². The van der Waals surface area contributed by atoms with Crippen LogP contribution >= 0.6 is 11.6 Å². The third kappa shape index (κ3) is 2.94. The Morgan fingerprint density at radius 3 is 3.00 bits per heavy atom. The molecule has 5 nitrogen and oxygen atoms in total. The van der Waals surface area contributed by atoms with Crippen molar-refractivity contribution < 1.29 is 4.79 Å². The number of amides is 1. The summed E-state index contributed by atoms with van der Waals surface area (Å²) in [5, 5.41) is 11.3. The number of hydrogen-bond donors (Lipinski definition) is 2. The maximum absolute atomic E-state index is 12.5. The summed E-state index contributed by atoms with van der Waals surface area (Å²) in [6.45, 7) is 1.75. The van der Waals surface area contributed by atoms with E-state index in [-0.39, 0.29) is 11.9 Å². The summed E-state index contributed by atoms with van der Waals surface area (Å²) in [7, 11) is 1.80. The Morgan fingerprint density at radius 2 is 2.29 bits per heavy atom. The van der Waals surface area contributed by atoms with Crippen molar-refractivity contribution in [1.82, 2.24) is 20.4 Å². The summed E-state index contributed by atoms with van der Waals surface area (Å²) >= 11 is 6.22. The molecule has 2 heterocycles. The molecular weight excluding hydrogens is 288 g/mol. The minimum atomic E-state index is -0.105. The topological polar surface area (TPSA) is 59.0 Å². The van der Waals surface area contributed by atoms with E-state index in [0.29, 0.717) is 16.3 Å².